The maximum absolute atomic E-state index is 12.2. The fourth-order valence-corrected chi connectivity index (χ4v) is 2.32. The van der Waals surface area contributed by atoms with E-state index in [0.717, 1.165) is 5.75 Å². The fraction of sp³-hybridized carbons (Fsp3) is 0.308. The molecule has 2 aromatic rings. The predicted octanol–water partition coefficient (Wildman–Crippen LogP) is 2.75. The number of carbonyl (C=O) groups is 1. The number of thioether (sulfide) groups is 1. The quantitative estimate of drug-likeness (QED) is 0.619. The Morgan fingerprint density at radius 2 is 2.00 bits per heavy atom. The molecule has 0 amide bonds. The molecule has 0 saturated carbocycles. The summed E-state index contributed by atoms with van der Waals surface area (Å²) in [5, 5.41) is 7.72. The number of aryl methyl sites for hydroxylation is 1. The number of methoxy groups -OCH3 is 1. The largest absolute Gasteiger partial charge is 0.497 e. The first-order valence-electron chi connectivity index (χ1n) is 5.75. The molecule has 0 aliphatic carbocycles. The second-order valence-corrected chi connectivity index (χ2v) is 5.23. The summed E-state index contributed by atoms with van der Waals surface area (Å²) in [5.74, 6) is 1.24. The molecule has 0 saturated heterocycles. The molecule has 0 bridgehead atoms. The van der Waals surface area contributed by atoms with Gasteiger partial charge in [-0.25, -0.2) is 0 Å². The van der Waals surface area contributed by atoms with Crippen LogP contribution in [0.2, 0.25) is 0 Å². The molecule has 1 aromatic heterocycles. The van der Waals surface area contributed by atoms with E-state index in [2.05, 4.69) is 10.2 Å². The molecule has 19 heavy (non-hydrogen) atoms. The van der Waals surface area contributed by atoms with Gasteiger partial charge in [-0.3, -0.25) is 4.79 Å². The number of nitrogens with zero attached hydrogens (tertiary/aromatic N) is 2. The van der Waals surface area contributed by atoms with E-state index in [4.69, 9.17) is 9.15 Å². The lowest BCUT2D eigenvalue weighted by molar-refractivity contribution is 0.0993. The Morgan fingerprint density at radius 1 is 1.32 bits per heavy atom. The van der Waals surface area contributed by atoms with Gasteiger partial charge in [0.15, 0.2) is 5.78 Å². The SMILES string of the molecule is COc1ccc(C(=O)[C@H](C)Sc2nnc(C)o2)cc1. The highest BCUT2D eigenvalue weighted by molar-refractivity contribution is 8.00. The average Bonchev–Trinajstić information content (AvgIpc) is 2.83. The van der Waals surface area contributed by atoms with Crippen molar-refractivity contribution in [3.05, 3.63) is 35.7 Å². The number of carbonyl (C=O) groups excluding carboxylic acids is 1. The summed E-state index contributed by atoms with van der Waals surface area (Å²) in [4.78, 5) is 12.2. The summed E-state index contributed by atoms with van der Waals surface area (Å²) in [6.45, 7) is 3.53. The van der Waals surface area contributed by atoms with E-state index in [0.29, 0.717) is 16.7 Å². The van der Waals surface area contributed by atoms with Crippen molar-refractivity contribution in [2.75, 3.05) is 7.11 Å². The summed E-state index contributed by atoms with van der Waals surface area (Å²) in [6, 6.07) is 7.03. The van der Waals surface area contributed by atoms with Gasteiger partial charge in [0, 0.05) is 12.5 Å². The Labute approximate surface area is 115 Å². The third kappa shape index (κ3) is 3.35. The minimum absolute atomic E-state index is 0.0171. The average molecular weight is 278 g/mol. The van der Waals surface area contributed by atoms with Crippen molar-refractivity contribution in [2.45, 2.75) is 24.3 Å². The Balaban J connectivity index is 2.05. The number of ether oxygens (including phenoxy) is 1. The zero-order valence-corrected chi connectivity index (χ0v) is 11.7. The van der Waals surface area contributed by atoms with E-state index in [1.54, 1.807) is 38.3 Å². The Hall–Kier alpha value is -1.82. The number of benzene rings is 1. The van der Waals surface area contributed by atoms with Crippen molar-refractivity contribution in [3.63, 3.8) is 0 Å². The first-order valence-corrected chi connectivity index (χ1v) is 6.63. The van der Waals surface area contributed by atoms with Crippen LogP contribution < -0.4 is 4.74 Å². The third-order valence-electron chi connectivity index (χ3n) is 2.53. The Bertz CT molecular complexity index is 566. The number of ketones is 1. The van der Waals surface area contributed by atoms with Crippen LogP contribution in [0.3, 0.4) is 0 Å². The van der Waals surface area contributed by atoms with Gasteiger partial charge in [0.05, 0.1) is 12.4 Å². The highest BCUT2D eigenvalue weighted by atomic mass is 32.2. The van der Waals surface area contributed by atoms with Gasteiger partial charge in [0.25, 0.3) is 5.22 Å². The molecule has 0 unspecified atom stereocenters. The Kier molecular flexibility index (Phi) is 4.21. The van der Waals surface area contributed by atoms with Gasteiger partial charge in [-0.1, -0.05) is 11.8 Å². The maximum atomic E-state index is 12.2. The van der Waals surface area contributed by atoms with Crippen molar-refractivity contribution in [1.29, 1.82) is 0 Å². The molecule has 0 aliphatic rings. The third-order valence-corrected chi connectivity index (χ3v) is 3.46. The smallest absolute Gasteiger partial charge is 0.277 e. The van der Waals surface area contributed by atoms with E-state index in [9.17, 15) is 4.79 Å². The van der Waals surface area contributed by atoms with Gasteiger partial charge < -0.3 is 9.15 Å². The monoisotopic (exact) mass is 278 g/mol. The number of aromatic nitrogens is 2. The molecule has 1 aromatic carbocycles. The number of hydrogen-bond donors (Lipinski definition) is 0. The van der Waals surface area contributed by atoms with Crippen LogP contribution in [-0.4, -0.2) is 28.3 Å². The minimum atomic E-state index is -0.284. The zero-order valence-electron chi connectivity index (χ0n) is 10.9. The molecule has 100 valence electrons. The van der Waals surface area contributed by atoms with Gasteiger partial charge in [0.2, 0.25) is 5.89 Å². The van der Waals surface area contributed by atoms with Gasteiger partial charge in [-0.15, -0.1) is 10.2 Å². The molecule has 1 heterocycles. The lowest BCUT2D eigenvalue weighted by Crippen LogP contribution is -2.13. The van der Waals surface area contributed by atoms with Crippen molar-refractivity contribution in [3.8, 4) is 5.75 Å². The highest BCUT2D eigenvalue weighted by Crippen LogP contribution is 2.25. The minimum Gasteiger partial charge on any atom is -0.497 e. The molecule has 0 fully saturated rings. The van der Waals surface area contributed by atoms with Crippen LogP contribution >= 0.6 is 11.8 Å². The molecule has 0 radical (unpaired) electrons. The summed E-state index contributed by atoms with van der Waals surface area (Å²) in [7, 11) is 1.59. The van der Waals surface area contributed by atoms with Crippen LogP contribution in [0.25, 0.3) is 0 Å². The van der Waals surface area contributed by atoms with Gasteiger partial charge in [-0.2, -0.15) is 0 Å². The van der Waals surface area contributed by atoms with Crippen LogP contribution in [-0.2, 0) is 0 Å². The van der Waals surface area contributed by atoms with E-state index in [-0.39, 0.29) is 11.0 Å². The molecule has 2 rings (SSSR count). The number of Topliss-reactive ketones (excluding diaryl/α,β-unsaturated/α-hetero) is 1. The number of rotatable bonds is 5. The van der Waals surface area contributed by atoms with E-state index >= 15 is 0 Å². The van der Waals surface area contributed by atoms with E-state index in [1.807, 2.05) is 6.92 Å². The van der Waals surface area contributed by atoms with Crippen molar-refractivity contribution in [1.82, 2.24) is 10.2 Å². The second kappa shape index (κ2) is 5.88. The molecular formula is C13H14N2O3S. The molecule has 5 nitrogen and oxygen atoms in total. The molecule has 1 atom stereocenters. The van der Waals surface area contributed by atoms with E-state index < -0.39 is 0 Å². The van der Waals surface area contributed by atoms with Crippen molar-refractivity contribution < 1.29 is 13.9 Å². The van der Waals surface area contributed by atoms with Gasteiger partial charge >= 0.3 is 0 Å². The normalized spacial score (nSPS) is 12.2. The van der Waals surface area contributed by atoms with Crippen molar-refractivity contribution in [2.24, 2.45) is 0 Å². The fourth-order valence-electron chi connectivity index (χ4n) is 1.52. The van der Waals surface area contributed by atoms with Crippen LogP contribution in [0.15, 0.2) is 33.9 Å². The maximum Gasteiger partial charge on any atom is 0.277 e. The standard InChI is InChI=1S/C13H14N2O3S/c1-8(19-13-15-14-9(2)18-13)12(16)10-4-6-11(17-3)7-5-10/h4-8H,1-3H3/t8-/m0/s1. The molecule has 6 heteroatoms. The predicted molar refractivity (Wildman–Crippen MR) is 71.7 cm³/mol. The lowest BCUT2D eigenvalue weighted by Gasteiger charge is -2.08. The number of hydrogen-bond acceptors (Lipinski definition) is 6. The summed E-state index contributed by atoms with van der Waals surface area (Å²) >= 11 is 1.26. The highest BCUT2D eigenvalue weighted by Gasteiger charge is 2.19. The topological polar surface area (TPSA) is 65.2 Å². The van der Waals surface area contributed by atoms with Crippen LogP contribution in [0.1, 0.15) is 23.2 Å². The first-order chi connectivity index (χ1) is 9.10. The van der Waals surface area contributed by atoms with Crippen LogP contribution in [0, 0.1) is 6.92 Å². The molecule has 0 N–H and O–H groups in total. The first kappa shape index (κ1) is 13.6. The van der Waals surface area contributed by atoms with Gasteiger partial charge in [0.1, 0.15) is 5.75 Å². The molecule has 0 spiro atoms. The summed E-state index contributed by atoms with van der Waals surface area (Å²) in [6.07, 6.45) is 0. The molecule has 0 aliphatic heterocycles. The summed E-state index contributed by atoms with van der Waals surface area (Å²) in [5.41, 5.74) is 0.636. The summed E-state index contributed by atoms with van der Waals surface area (Å²) < 4.78 is 10.3. The Morgan fingerprint density at radius 3 is 2.53 bits per heavy atom. The molecular weight excluding hydrogens is 264 g/mol. The zero-order chi connectivity index (χ0) is 13.8. The lowest BCUT2D eigenvalue weighted by atomic mass is 10.1. The van der Waals surface area contributed by atoms with E-state index in [1.165, 1.54) is 11.8 Å². The van der Waals surface area contributed by atoms with Crippen LogP contribution in [0.5, 0.6) is 5.75 Å². The van der Waals surface area contributed by atoms with Crippen LogP contribution in [0.4, 0.5) is 0 Å². The van der Waals surface area contributed by atoms with Crippen molar-refractivity contribution >= 4 is 17.5 Å². The van der Waals surface area contributed by atoms with Gasteiger partial charge in [-0.05, 0) is 31.2 Å². The second-order valence-electron chi connectivity index (χ2n) is 3.94.